The summed E-state index contributed by atoms with van der Waals surface area (Å²) in [5, 5.41) is 2.63. The minimum absolute atomic E-state index is 0.0837. The highest BCUT2D eigenvalue weighted by atomic mass is 16.5. The lowest BCUT2D eigenvalue weighted by Gasteiger charge is -2.18. The molecule has 158 valence electrons. The zero-order valence-corrected chi connectivity index (χ0v) is 17.2. The molecule has 7 heteroatoms. The molecular formula is C24H22N2O5. The van der Waals surface area contributed by atoms with Crippen LogP contribution in [0.15, 0.2) is 78.9 Å². The fourth-order valence-electron chi connectivity index (χ4n) is 2.94. The Bertz CT molecular complexity index is 1080. The monoisotopic (exact) mass is 418 g/mol. The number of hydrogen-bond acceptors (Lipinski definition) is 5. The summed E-state index contributed by atoms with van der Waals surface area (Å²) in [6.45, 7) is -0.506. The van der Waals surface area contributed by atoms with E-state index < -0.39 is 18.5 Å². The van der Waals surface area contributed by atoms with E-state index in [2.05, 4.69) is 5.32 Å². The Kier molecular flexibility index (Phi) is 7.01. The van der Waals surface area contributed by atoms with Crippen LogP contribution < -0.4 is 15.0 Å². The van der Waals surface area contributed by atoms with Crippen molar-refractivity contribution in [3.8, 4) is 5.75 Å². The molecule has 0 atom stereocenters. The number of anilines is 2. The lowest BCUT2D eigenvalue weighted by molar-refractivity contribution is -0.119. The zero-order valence-electron chi connectivity index (χ0n) is 17.2. The molecule has 3 rings (SSSR count). The van der Waals surface area contributed by atoms with E-state index in [0.717, 1.165) is 0 Å². The van der Waals surface area contributed by atoms with Crippen molar-refractivity contribution >= 4 is 29.2 Å². The van der Waals surface area contributed by atoms with Gasteiger partial charge in [0.25, 0.3) is 11.8 Å². The van der Waals surface area contributed by atoms with Crippen molar-refractivity contribution in [1.29, 1.82) is 0 Å². The highest BCUT2D eigenvalue weighted by Gasteiger charge is 2.22. The summed E-state index contributed by atoms with van der Waals surface area (Å²) in [6.07, 6.45) is 0. The summed E-state index contributed by atoms with van der Waals surface area (Å²) in [5.41, 5.74) is 1.42. The van der Waals surface area contributed by atoms with Crippen LogP contribution in [-0.2, 0) is 9.53 Å². The van der Waals surface area contributed by atoms with Gasteiger partial charge in [-0.15, -0.1) is 0 Å². The standard InChI is InChI=1S/C24H22N2O5/c1-26(17-10-4-3-5-11-17)23(28)18-12-6-7-13-19(18)24(29)31-16-22(27)25-20-14-8-9-15-21(20)30-2/h3-15H,16H2,1-2H3,(H,25,27). The molecule has 0 aliphatic heterocycles. The maximum atomic E-state index is 12.9. The molecule has 3 aromatic rings. The van der Waals surface area contributed by atoms with Crippen LogP contribution in [0.4, 0.5) is 11.4 Å². The molecule has 3 aromatic carbocycles. The predicted molar refractivity (Wildman–Crippen MR) is 118 cm³/mol. The third-order valence-corrected chi connectivity index (χ3v) is 4.54. The van der Waals surface area contributed by atoms with Crippen LogP contribution in [0.5, 0.6) is 5.75 Å². The number of nitrogens with zero attached hydrogens (tertiary/aromatic N) is 1. The Morgan fingerprint density at radius 1 is 0.839 bits per heavy atom. The number of para-hydroxylation sites is 3. The van der Waals surface area contributed by atoms with Gasteiger partial charge in [0.05, 0.1) is 23.9 Å². The van der Waals surface area contributed by atoms with E-state index in [-0.39, 0.29) is 17.0 Å². The average molecular weight is 418 g/mol. The molecule has 7 nitrogen and oxygen atoms in total. The van der Waals surface area contributed by atoms with Gasteiger partial charge < -0.3 is 19.7 Å². The fourth-order valence-corrected chi connectivity index (χ4v) is 2.94. The predicted octanol–water partition coefficient (Wildman–Crippen LogP) is 3.77. The molecule has 0 saturated heterocycles. The summed E-state index contributed by atoms with van der Waals surface area (Å²) in [6, 6.07) is 22.3. The molecular weight excluding hydrogens is 396 g/mol. The van der Waals surface area contributed by atoms with Crippen LogP contribution in [0.1, 0.15) is 20.7 Å². The van der Waals surface area contributed by atoms with Crippen molar-refractivity contribution in [3.05, 3.63) is 90.0 Å². The van der Waals surface area contributed by atoms with Gasteiger partial charge in [0.2, 0.25) is 0 Å². The van der Waals surface area contributed by atoms with E-state index in [1.807, 2.05) is 18.2 Å². The Balaban J connectivity index is 1.68. The number of hydrogen-bond donors (Lipinski definition) is 1. The summed E-state index contributed by atoms with van der Waals surface area (Å²) >= 11 is 0. The van der Waals surface area contributed by atoms with E-state index in [0.29, 0.717) is 17.1 Å². The van der Waals surface area contributed by atoms with Crippen LogP contribution in [-0.4, -0.2) is 38.5 Å². The Hall–Kier alpha value is -4.13. The van der Waals surface area contributed by atoms with Gasteiger partial charge >= 0.3 is 5.97 Å². The van der Waals surface area contributed by atoms with Crippen molar-refractivity contribution in [1.82, 2.24) is 0 Å². The number of amides is 2. The van der Waals surface area contributed by atoms with E-state index in [1.165, 1.54) is 18.1 Å². The molecule has 0 radical (unpaired) electrons. The molecule has 0 aliphatic carbocycles. The zero-order chi connectivity index (χ0) is 22.2. The first-order valence-corrected chi connectivity index (χ1v) is 9.53. The lowest BCUT2D eigenvalue weighted by Crippen LogP contribution is -2.28. The number of nitrogens with one attached hydrogen (secondary N) is 1. The van der Waals surface area contributed by atoms with Crippen LogP contribution in [0.3, 0.4) is 0 Å². The third kappa shape index (κ3) is 5.27. The summed E-state index contributed by atoms with van der Waals surface area (Å²) in [7, 11) is 3.12. The molecule has 0 bridgehead atoms. The molecule has 0 fully saturated rings. The third-order valence-electron chi connectivity index (χ3n) is 4.54. The first kappa shape index (κ1) is 21.6. The Morgan fingerprint density at radius 3 is 2.16 bits per heavy atom. The quantitative estimate of drug-likeness (QED) is 0.591. The van der Waals surface area contributed by atoms with Crippen molar-refractivity contribution < 1.29 is 23.9 Å². The van der Waals surface area contributed by atoms with Crippen LogP contribution in [0.2, 0.25) is 0 Å². The molecule has 0 aromatic heterocycles. The normalized spacial score (nSPS) is 10.1. The Labute approximate surface area is 180 Å². The number of methoxy groups -OCH3 is 1. The smallest absolute Gasteiger partial charge is 0.339 e. The van der Waals surface area contributed by atoms with Gasteiger partial charge in [-0.1, -0.05) is 42.5 Å². The topological polar surface area (TPSA) is 84.9 Å². The van der Waals surface area contributed by atoms with Gasteiger partial charge in [-0.3, -0.25) is 9.59 Å². The van der Waals surface area contributed by atoms with Crippen molar-refractivity contribution in [2.24, 2.45) is 0 Å². The highest BCUT2D eigenvalue weighted by Crippen LogP contribution is 2.23. The van der Waals surface area contributed by atoms with Gasteiger partial charge in [-0.2, -0.15) is 0 Å². The van der Waals surface area contributed by atoms with Gasteiger partial charge in [-0.05, 0) is 36.4 Å². The Morgan fingerprint density at radius 2 is 1.45 bits per heavy atom. The number of ether oxygens (including phenoxy) is 2. The van der Waals surface area contributed by atoms with E-state index >= 15 is 0 Å². The van der Waals surface area contributed by atoms with Crippen molar-refractivity contribution in [2.45, 2.75) is 0 Å². The minimum Gasteiger partial charge on any atom is -0.495 e. The highest BCUT2D eigenvalue weighted by molar-refractivity contribution is 6.12. The maximum Gasteiger partial charge on any atom is 0.339 e. The first-order chi connectivity index (χ1) is 15.0. The molecule has 2 amide bonds. The van der Waals surface area contributed by atoms with E-state index in [4.69, 9.17) is 9.47 Å². The largest absolute Gasteiger partial charge is 0.495 e. The average Bonchev–Trinajstić information content (AvgIpc) is 2.82. The van der Waals surface area contributed by atoms with Crippen LogP contribution in [0.25, 0.3) is 0 Å². The van der Waals surface area contributed by atoms with Crippen LogP contribution in [0, 0.1) is 0 Å². The van der Waals surface area contributed by atoms with Gasteiger partial charge in [0.1, 0.15) is 5.75 Å². The molecule has 31 heavy (non-hydrogen) atoms. The number of rotatable bonds is 7. The summed E-state index contributed by atoms with van der Waals surface area (Å²) in [4.78, 5) is 39.2. The van der Waals surface area contributed by atoms with Crippen molar-refractivity contribution in [3.63, 3.8) is 0 Å². The second kappa shape index (κ2) is 10.1. The SMILES string of the molecule is COc1ccccc1NC(=O)COC(=O)c1ccccc1C(=O)N(C)c1ccccc1. The first-order valence-electron chi connectivity index (χ1n) is 9.53. The van der Waals surface area contributed by atoms with E-state index in [9.17, 15) is 14.4 Å². The van der Waals surface area contributed by atoms with Crippen LogP contribution >= 0.6 is 0 Å². The number of carbonyl (C=O) groups is 3. The van der Waals surface area contributed by atoms with Gasteiger partial charge in [-0.25, -0.2) is 4.79 Å². The molecule has 1 N–H and O–H groups in total. The molecule has 0 spiro atoms. The number of carbonyl (C=O) groups excluding carboxylic acids is 3. The maximum absolute atomic E-state index is 12.9. The number of esters is 1. The number of benzene rings is 3. The fraction of sp³-hybridized carbons (Fsp3) is 0.125. The molecule has 0 unspecified atom stereocenters. The van der Waals surface area contributed by atoms with Gasteiger partial charge in [0.15, 0.2) is 6.61 Å². The minimum atomic E-state index is -0.763. The second-order valence-electron chi connectivity index (χ2n) is 6.57. The summed E-state index contributed by atoms with van der Waals surface area (Å²) in [5.74, 6) is -1.16. The molecule has 0 saturated carbocycles. The molecule has 0 heterocycles. The van der Waals surface area contributed by atoms with E-state index in [1.54, 1.807) is 61.6 Å². The molecule has 0 aliphatic rings. The van der Waals surface area contributed by atoms with Crippen molar-refractivity contribution in [2.75, 3.05) is 31.0 Å². The lowest BCUT2D eigenvalue weighted by atomic mass is 10.1. The second-order valence-corrected chi connectivity index (χ2v) is 6.57. The summed E-state index contributed by atoms with van der Waals surface area (Å²) < 4.78 is 10.3. The van der Waals surface area contributed by atoms with Gasteiger partial charge in [0, 0.05) is 12.7 Å².